The Balaban J connectivity index is 1.74. The normalized spacial score (nSPS) is 14.3. The molecule has 0 N–H and O–H groups in total. The van der Waals surface area contributed by atoms with Gasteiger partial charge in [0, 0.05) is 0 Å². The van der Waals surface area contributed by atoms with Gasteiger partial charge in [0.15, 0.2) is 0 Å². The number of imide groups is 1. The summed E-state index contributed by atoms with van der Waals surface area (Å²) in [5.74, 6) is -0.737. The van der Waals surface area contributed by atoms with E-state index >= 15 is 0 Å². The van der Waals surface area contributed by atoms with Crippen molar-refractivity contribution < 1.29 is 42.7 Å². The Morgan fingerprint density at radius 3 is 1.21 bits per heavy atom. The molecule has 0 aromatic carbocycles. The second-order valence-corrected chi connectivity index (χ2v) is 10.9. The Morgan fingerprint density at radius 1 is 0.605 bits per heavy atom. The maximum absolute atomic E-state index is 11.9. The third kappa shape index (κ3) is 15.8. The van der Waals surface area contributed by atoms with E-state index in [9.17, 15) is 9.59 Å². The van der Waals surface area contributed by atoms with Gasteiger partial charge < -0.3 is 33.2 Å². The highest BCUT2D eigenvalue weighted by molar-refractivity contribution is 9.14. The van der Waals surface area contributed by atoms with Gasteiger partial charge >= 0.3 is 0 Å². The smallest absolute Gasteiger partial charge is 0.269 e. The lowest BCUT2D eigenvalue weighted by molar-refractivity contribution is -0.137. The number of hydrogen-bond donors (Lipinski definition) is 0. The number of hydrogen-bond acceptors (Lipinski definition) is 9. The van der Waals surface area contributed by atoms with E-state index in [1.807, 2.05) is 0 Å². The molecule has 0 aromatic rings. The maximum atomic E-state index is 11.9. The second-order valence-electron chi connectivity index (χ2n) is 9.28. The lowest BCUT2D eigenvalue weighted by Gasteiger charge is -2.21. The van der Waals surface area contributed by atoms with Crippen molar-refractivity contribution in [3.05, 3.63) is 21.1 Å². The maximum Gasteiger partial charge on any atom is 0.269 e. The molecular formula is C26H43Br2NO9. The van der Waals surface area contributed by atoms with Gasteiger partial charge in [-0.15, -0.1) is 0 Å². The molecule has 1 aliphatic rings. The average Bonchev–Trinajstić information content (AvgIpc) is 3.06. The van der Waals surface area contributed by atoms with Crippen molar-refractivity contribution in [2.24, 2.45) is 5.41 Å². The van der Waals surface area contributed by atoms with Gasteiger partial charge in [-0.3, -0.25) is 14.5 Å². The van der Waals surface area contributed by atoms with Crippen molar-refractivity contribution in [1.82, 2.24) is 4.90 Å². The van der Waals surface area contributed by atoms with Crippen LogP contribution < -0.4 is 0 Å². The Bertz CT molecular complexity index is 717. The molecular weight excluding hydrogens is 630 g/mol. The summed E-state index contributed by atoms with van der Waals surface area (Å²) < 4.78 is 38.7. The molecule has 0 radical (unpaired) electrons. The Kier molecular flexibility index (Phi) is 19.6. The van der Waals surface area contributed by atoms with E-state index in [-0.39, 0.29) is 39.3 Å². The lowest BCUT2D eigenvalue weighted by Crippen LogP contribution is -2.34. The fourth-order valence-corrected chi connectivity index (χ4v) is 3.64. The quantitative estimate of drug-likeness (QED) is 0.0867. The number of ether oxygens (including phenoxy) is 7. The molecule has 0 saturated heterocycles. The fraction of sp³-hybridized carbons (Fsp3) is 0.769. The number of halogens is 2. The van der Waals surface area contributed by atoms with Crippen molar-refractivity contribution in [3.63, 3.8) is 0 Å². The van der Waals surface area contributed by atoms with Gasteiger partial charge in [0.05, 0.1) is 99.0 Å². The van der Waals surface area contributed by atoms with Crippen molar-refractivity contribution in [2.75, 3.05) is 99.0 Å². The molecule has 38 heavy (non-hydrogen) atoms. The minimum atomic E-state index is -0.368. The van der Waals surface area contributed by atoms with Crippen LogP contribution in [0.2, 0.25) is 0 Å². The number of amides is 2. The van der Waals surface area contributed by atoms with E-state index in [0.717, 1.165) is 11.3 Å². The Morgan fingerprint density at radius 2 is 0.895 bits per heavy atom. The summed E-state index contributed by atoms with van der Waals surface area (Å²) in [6, 6.07) is 0. The molecule has 1 aliphatic heterocycles. The van der Waals surface area contributed by atoms with Crippen molar-refractivity contribution in [2.45, 2.75) is 27.2 Å². The zero-order chi connectivity index (χ0) is 28.2. The van der Waals surface area contributed by atoms with Crippen LogP contribution >= 0.6 is 31.9 Å². The summed E-state index contributed by atoms with van der Waals surface area (Å²) in [6.07, 6.45) is 0.868. The molecule has 0 aromatic heterocycles. The van der Waals surface area contributed by atoms with E-state index < -0.39 is 0 Å². The second kappa shape index (κ2) is 21.1. The van der Waals surface area contributed by atoms with E-state index in [2.05, 4.69) is 59.2 Å². The zero-order valence-corrected chi connectivity index (χ0v) is 26.1. The first kappa shape index (κ1) is 35.3. The van der Waals surface area contributed by atoms with Crippen LogP contribution in [0.4, 0.5) is 0 Å². The lowest BCUT2D eigenvalue weighted by atomic mass is 9.86. The third-order valence-corrected chi connectivity index (χ3v) is 7.36. The van der Waals surface area contributed by atoms with E-state index in [4.69, 9.17) is 33.2 Å². The highest BCUT2D eigenvalue weighted by Crippen LogP contribution is 2.29. The molecule has 0 fully saturated rings. The standard InChI is InChI=1S/C26H43Br2NO9/c1-21(26(2,3)4)5-7-32-9-11-34-13-15-36-17-19-38-20-18-37-16-14-35-12-10-33-8-6-29-24(30)22(27)23(28)25(29)31/h1,5-20H2,2-4H3. The van der Waals surface area contributed by atoms with Crippen LogP contribution in [-0.4, -0.2) is 116 Å². The van der Waals surface area contributed by atoms with Crippen LogP contribution in [0.25, 0.3) is 0 Å². The highest BCUT2D eigenvalue weighted by Gasteiger charge is 2.35. The van der Waals surface area contributed by atoms with Crippen molar-refractivity contribution in [1.29, 1.82) is 0 Å². The molecule has 0 bridgehead atoms. The van der Waals surface area contributed by atoms with Crippen molar-refractivity contribution >= 4 is 43.7 Å². The Hall–Kier alpha value is -0.700. The molecule has 10 nitrogen and oxygen atoms in total. The third-order valence-electron chi connectivity index (χ3n) is 5.36. The first-order valence-corrected chi connectivity index (χ1v) is 14.4. The molecule has 2 amide bonds. The van der Waals surface area contributed by atoms with Gasteiger partial charge in [-0.05, 0) is 43.7 Å². The minimum absolute atomic E-state index is 0.125. The summed E-state index contributed by atoms with van der Waals surface area (Å²) in [5.41, 5.74) is 1.32. The topological polar surface area (TPSA) is 102 Å². The minimum Gasteiger partial charge on any atom is -0.379 e. The summed E-state index contributed by atoms with van der Waals surface area (Å²) in [4.78, 5) is 24.8. The SMILES string of the molecule is C=C(CCOCCOCCOCCOCCOCCOCCOCCN1C(=O)C(Br)=C(Br)C1=O)C(C)(C)C. The van der Waals surface area contributed by atoms with Gasteiger partial charge in [-0.2, -0.15) is 0 Å². The van der Waals surface area contributed by atoms with Crippen molar-refractivity contribution in [3.8, 4) is 0 Å². The molecule has 0 unspecified atom stereocenters. The summed E-state index contributed by atoms with van der Waals surface area (Å²) in [5, 5.41) is 0. The van der Waals surface area contributed by atoms with Gasteiger partial charge in [0.1, 0.15) is 8.96 Å². The van der Waals surface area contributed by atoms with Crippen LogP contribution in [0.1, 0.15) is 27.2 Å². The number of carbonyl (C=O) groups excluding carboxylic acids is 2. The molecule has 1 rings (SSSR count). The summed E-state index contributed by atoms with van der Waals surface area (Å²) in [7, 11) is 0. The van der Waals surface area contributed by atoms with E-state index in [1.165, 1.54) is 5.57 Å². The molecule has 0 atom stereocenters. The molecule has 12 heteroatoms. The van der Waals surface area contributed by atoms with Crippen LogP contribution in [0, 0.1) is 5.41 Å². The van der Waals surface area contributed by atoms with E-state index in [1.54, 1.807) is 0 Å². The average molecular weight is 673 g/mol. The largest absolute Gasteiger partial charge is 0.379 e. The summed E-state index contributed by atoms with van der Waals surface area (Å²) >= 11 is 6.17. The molecule has 0 spiro atoms. The Labute approximate surface area is 243 Å². The highest BCUT2D eigenvalue weighted by atomic mass is 79.9. The molecule has 220 valence electrons. The zero-order valence-electron chi connectivity index (χ0n) is 22.9. The molecule has 0 aliphatic carbocycles. The predicted molar refractivity (Wildman–Crippen MR) is 151 cm³/mol. The molecule has 1 heterocycles. The molecule has 0 saturated carbocycles. The monoisotopic (exact) mass is 671 g/mol. The number of nitrogens with zero attached hydrogens (tertiary/aromatic N) is 1. The van der Waals surface area contributed by atoms with Gasteiger partial charge in [0.25, 0.3) is 11.8 Å². The van der Waals surface area contributed by atoms with Crippen LogP contribution in [-0.2, 0) is 42.7 Å². The first-order valence-electron chi connectivity index (χ1n) is 12.8. The first-order chi connectivity index (χ1) is 18.2. The summed E-state index contributed by atoms with van der Waals surface area (Å²) in [6.45, 7) is 17.4. The van der Waals surface area contributed by atoms with Crippen LogP contribution in [0.15, 0.2) is 21.1 Å². The van der Waals surface area contributed by atoms with Crippen LogP contribution in [0.5, 0.6) is 0 Å². The fourth-order valence-electron chi connectivity index (χ4n) is 2.87. The van der Waals surface area contributed by atoms with Gasteiger partial charge in [0.2, 0.25) is 0 Å². The van der Waals surface area contributed by atoms with Gasteiger partial charge in [-0.1, -0.05) is 32.9 Å². The predicted octanol–water partition coefficient (Wildman–Crippen LogP) is 3.47. The number of carbonyl (C=O) groups is 2. The van der Waals surface area contributed by atoms with Gasteiger partial charge in [-0.25, -0.2) is 0 Å². The number of rotatable bonds is 24. The van der Waals surface area contributed by atoms with E-state index in [0.29, 0.717) is 85.9 Å². The van der Waals surface area contributed by atoms with Crippen LogP contribution in [0.3, 0.4) is 0 Å².